The number of amides is 1. The summed E-state index contributed by atoms with van der Waals surface area (Å²) in [5, 5.41) is 26.0. The fourth-order valence-corrected chi connectivity index (χ4v) is 3.77. The Morgan fingerprint density at radius 2 is 1.69 bits per heavy atom. The van der Waals surface area contributed by atoms with E-state index in [1.165, 1.54) is 35.6 Å². The van der Waals surface area contributed by atoms with Crippen LogP contribution in [0.25, 0.3) is 10.4 Å². The van der Waals surface area contributed by atoms with Crippen molar-refractivity contribution in [1.82, 2.24) is 5.43 Å². The third-order valence-electron chi connectivity index (χ3n) is 4.06. The van der Waals surface area contributed by atoms with Gasteiger partial charge < -0.3 is 10.2 Å². The number of benzene rings is 2. The van der Waals surface area contributed by atoms with E-state index in [2.05, 4.69) is 10.5 Å². The highest BCUT2D eigenvalue weighted by molar-refractivity contribution is 7.14. The zero-order chi connectivity index (χ0) is 21.1. The second kappa shape index (κ2) is 8.65. The highest BCUT2D eigenvalue weighted by Gasteiger charge is 2.16. The van der Waals surface area contributed by atoms with Gasteiger partial charge in [0.05, 0.1) is 31.8 Å². The Labute approximate surface area is 180 Å². The van der Waals surface area contributed by atoms with Gasteiger partial charge in [-0.15, -0.1) is 11.3 Å². The minimum atomic E-state index is -1.07. The Morgan fingerprint density at radius 1 is 1.03 bits per heavy atom. The molecule has 0 saturated heterocycles. The summed E-state index contributed by atoms with van der Waals surface area (Å²) in [5.41, 5.74) is 4.32. The Balaban J connectivity index is 1.78. The third-order valence-corrected chi connectivity index (χ3v) is 5.81. The van der Waals surface area contributed by atoms with Gasteiger partial charge in [0.2, 0.25) is 0 Å². The standard InChI is InChI=1S/C20H14Cl2N2O4S/c1-10(23-24-19(26)11-2-4-12(5-3-11)20(27)28)14-9-29-18(17(14)25)13-6-7-15(21)16(22)8-13/h2-9,25H,1H3,(H,24,26)(H,27,28)/b23-10-. The van der Waals surface area contributed by atoms with E-state index in [1.54, 1.807) is 30.5 Å². The molecule has 3 rings (SSSR count). The van der Waals surface area contributed by atoms with E-state index in [4.69, 9.17) is 28.3 Å². The lowest BCUT2D eigenvalue weighted by Gasteiger charge is -2.04. The number of thiophene rings is 1. The van der Waals surface area contributed by atoms with Crippen LogP contribution in [0.4, 0.5) is 0 Å². The number of carboxylic acid groups (broad SMARTS) is 1. The van der Waals surface area contributed by atoms with E-state index in [0.29, 0.717) is 31.8 Å². The van der Waals surface area contributed by atoms with Gasteiger partial charge in [-0.2, -0.15) is 5.10 Å². The van der Waals surface area contributed by atoms with Crippen molar-refractivity contribution in [3.63, 3.8) is 0 Å². The van der Waals surface area contributed by atoms with Crippen LogP contribution in [0.15, 0.2) is 52.9 Å². The SMILES string of the molecule is C/C(=N/NC(=O)c1ccc(C(=O)O)cc1)c1csc(-c2ccc(Cl)c(Cl)c2)c1O. The number of halogens is 2. The molecule has 0 aliphatic rings. The Bertz CT molecular complexity index is 1120. The van der Waals surface area contributed by atoms with Gasteiger partial charge >= 0.3 is 5.97 Å². The second-order valence-electron chi connectivity index (χ2n) is 5.98. The third kappa shape index (κ3) is 4.59. The smallest absolute Gasteiger partial charge is 0.335 e. The van der Waals surface area contributed by atoms with Crippen LogP contribution < -0.4 is 5.43 Å². The molecular weight excluding hydrogens is 435 g/mol. The first-order chi connectivity index (χ1) is 13.8. The normalized spacial score (nSPS) is 11.3. The molecule has 6 nitrogen and oxygen atoms in total. The molecule has 0 atom stereocenters. The number of hydrogen-bond donors (Lipinski definition) is 3. The summed E-state index contributed by atoms with van der Waals surface area (Å²) < 4.78 is 0. The predicted octanol–water partition coefficient (Wildman–Crippen LogP) is 5.28. The number of nitrogens with zero attached hydrogens (tertiary/aromatic N) is 1. The summed E-state index contributed by atoms with van der Waals surface area (Å²) in [6.07, 6.45) is 0. The molecule has 0 aliphatic heterocycles. The first kappa shape index (κ1) is 20.9. The number of carbonyl (C=O) groups is 2. The fraction of sp³-hybridized carbons (Fsp3) is 0.0500. The number of carbonyl (C=O) groups excluding carboxylic acids is 1. The molecule has 2 aromatic carbocycles. The Kier molecular flexibility index (Phi) is 6.22. The van der Waals surface area contributed by atoms with Crippen molar-refractivity contribution >= 4 is 52.1 Å². The first-order valence-corrected chi connectivity index (χ1v) is 9.85. The molecule has 3 aromatic rings. The maximum Gasteiger partial charge on any atom is 0.335 e. The summed E-state index contributed by atoms with van der Waals surface area (Å²) in [6, 6.07) is 10.5. The van der Waals surface area contributed by atoms with Gasteiger partial charge in [-0.1, -0.05) is 29.3 Å². The maximum atomic E-state index is 12.2. The number of hydrogen-bond acceptors (Lipinski definition) is 5. The summed E-state index contributed by atoms with van der Waals surface area (Å²) in [6.45, 7) is 1.65. The average Bonchev–Trinajstić information content (AvgIpc) is 3.09. The van der Waals surface area contributed by atoms with Crippen LogP contribution in [-0.4, -0.2) is 27.8 Å². The van der Waals surface area contributed by atoms with Gasteiger partial charge in [0.25, 0.3) is 5.91 Å². The molecule has 29 heavy (non-hydrogen) atoms. The first-order valence-electron chi connectivity index (χ1n) is 8.22. The van der Waals surface area contributed by atoms with Crippen molar-refractivity contribution in [1.29, 1.82) is 0 Å². The van der Waals surface area contributed by atoms with Crippen molar-refractivity contribution < 1.29 is 19.8 Å². The molecule has 0 fully saturated rings. The quantitative estimate of drug-likeness (QED) is 0.365. The molecule has 1 amide bonds. The number of nitrogens with one attached hydrogen (secondary N) is 1. The molecule has 0 spiro atoms. The van der Waals surface area contributed by atoms with E-state index in [0.717, 1.165) is 0 Å². The van der Waals surface area contributed by atoms with Crippen molar-refractivity contribution in [2.24, 2.45) is 5.10 Å². The minimum absolute atomic E-state index is 0.0229. The Hall–Kier alpha value is -2.87. The topological polar surface area (TPSA) is 99.0 Å². The zero-order valence-electron chi connectivity index (χ0n) is 14.9. The van der Waals surface area contributed by atoms with Crippen LogP contribution >= 0.6 is 34.5 Å². The molecule has 0 radical (unpaired) electrons. The zero-order valence-corrected chi connectivity index (χ0v) is 17.3. The molecule has 0 aliphatic carbocycles. The van der Waals surface area contributed by atoms with E-state index in [-0.39, 0.29) is 16.9 Å². The number of aromatic hydroxyl groups is 1. The minimum Gasteiger partial charge on any atom is -0.506 e. The van der Waals surface area contributed by atoms with Gasteiger partial charge in [-0.05, 0) is 48.9 Å². The van der Waals surface area contributed by atoms with Crippen molar-refractivity contribution in [2.45, 2.75) is 6.92 Å². The molecule has 148 valence electrons. The number of carboxylic acids is 1. The largest absolute Gasteiger partial charge is 0.506 e. The molecule has 1 heterocycles. The lowest BCUT2D eigenvalue weighted by Crippen LogP contribution is -2.19. The molecule has 0 bridgehead atoms. The summed E-state index contributed by atoms with van der Waals surface area (Å²) in [4.78, 5) is 23.7. The maximum absolute atomic E-state index is 12.2. The van der Waals surface area contributed by atoms with Crippen LogP contribution in [0.1, 0.15) is 33.2 Å². The fourth-order valence-electron chi connectivity index (χ4n) is 2.47. The molecule has 1 aromatic heterocycles. The highest BCUT2D eigenvalue weighted by Crippen LogP contribution is 2.40. The van der Waals surface area contributed by atoms with Crippen molar-refractivity contribution in [3.05, 3.63) is 74.6 Å². The Morgan fingerprint density at radius 3 is 2.31 bits per heavy atom. The van der Waals surface area contributed by atoms with Crippen LogP contribution in [0.5, 0.6) is 5.75 Å². The summed E-state index contributed by atoms with van der Waals surface area (Å²) in [5.74, 6) is -1.55. The number of rotatable bonds is 5. The van der Waals surface area contributed by atoms with Crippen molar-refractivity contribution in [3.8, 4) is 16.2 Å². The van der Waals surface area contributed by atoms with Gasteiger partial charge in [0.15, 0.2) is 0 Å². The van der Waals surface area contributed by atoms with Gasteiger partial charge in [-0.3, -0.25) is 4.79 Å². The molecule has 9 heteroatoms. The van der Waals surface area contributed by atoms with E-state index in [1.807, 2.05) is 0 Å². The average molecular weight is 449 g/mol. The van der Waals surface area contributed by atoms with Crippen LogP contribution in [0, 0.1) is 0 Å². The lowest BCUT2D eigenvalue weighted by molar-refractivity contribution is 0.0696. The monoisotopic (exact) mass is 448 g/mol. The second-order valence-corrected chi connectivity index (χ2v) is 7.67. The van der Waals surface area contributed by atoms with Crippen molar-refractivity contribution in [2.75, 3.05) is 0 Å². The highest BCUT2D eigenvalue weighted by atomic mass is 35.5. The van der Waals surface area contributed by atoms with Crippen LogP contribution in [0.2, 0.25) is 10.0 Å². The summed E-state index contributed by atoms with van der Waals surface area (Å²) >= 11 is 13.3. The number of hydrazone groups is 1. The van der Waals surface area contributed by atoms with E-state index >= 15 is 0 Å². The predicted molar refractivity (Wildman–Crippen MR) is 115 cm³/mol. The summed E-state index contributed by atoms with van der Waals surface area (Å²) in [7, 11) is 0. The van der Waals surface area contributed by atoms with E-state index < -0.39 is 11.9 Å². The van der Waals surface area contributed by atoms with Crippen LogP contribution in [0.3, 0.4) is 0 Å². The molecular formula is C20H14Cl2N2O4S. The molecule has 0 unspecified atom stereocenters. The van der Waals surface area contributed by atoms with Gasteiger partial charge in [0.1, 0.15) is 5.75 Å². The molecule has 0 saturated carbocycles. The lowest BCUT2D eigenvalue weighted by atomic mass is 10.1. The van der Waals surface area contributed by atoms with Crippen LogP contribution in [-0.2, 0) is 0 Å². The molecule has 3 N–H and O–H groups in total. The van der Waals surface area contributed by atoms with Gasteiger partial charge in [0, 0.05) is 10.9 Å². The van der Waals surface area contributed by atoms with Gasteiger partial charge in [-0.25, -0.2) is 10.2 Å². The van der Waals surface area contributed by atoms with E-state index in [9.17, 15) is 14.7 Å². The number of aromatic carboxylic acids is 1.